The molecule has 2 N–H and O–H groups in total. The smallest absolute Gasteiger partial charge is 0.335 e. The molecule has 1 amide bonds. The van der Waals surface area contributed by atoms with Crippen molar-refractivity contribution in [2.45, 2.75) is 20.3 Å². The Balaban J connectivity index is 1.81. The van der Waals surface area contributed by atoms with Gasteiger partial charge in [0.1, 0.15) is 5.69 Å². The molecule has 0 radical (unpaired) electrons. The number of nitrogens with one attached hydrogen (secondary N) is 1. The van der Waals surface area contributed by atoms with Gasteiger partial charge in [0.05, 0.1) is 12.0 Å². The van der Waals surface area contributed by atoms with E-state index in [0.717, 1.165) is 16.5 Å². The number of amides is 1. The summed E-state index contributed by atoms with van der Waals surface area (Å²) >= 11 is 0. The van der Waals surface area contributed by atoms with Gasteiger partial charge < -0.3 is 14.9 Å². The highest BCUT2D eigenvalue weighted by Gasteiger charge is 2.14. The number of nitrogens with zero attached hydrogens (tertiary/aromatic N) is 1. The minimum absolute atomic E-state index is 0.0488. The summed E-state index contributed by atoms with van der Waals surface area (Å²) in [5, 5.41) is 16.6. The summed E-state index contributed by atoms with van der Waals surface area (Å²) in [5.41, 5.74) is 3.62. The van der Waals surface area contributed by atoms with Gasteiger partial charge in [-0.15, -0.1) is 0 Å². The summed E-state index contributed by atoms with van der Waals surface area (Å²) in [4.78, 5) is 23.4. The SMILES string of the molecule is Cc1ccc2onc(CC(=O)Nc3cc(C(=O)O)ccc3C)c2c1. The summed E-state index contributed by atoms with van der Waals surface area (Å²) in [6.07, 6.45) is 0.0488. The summed E-state index contributed by atoms with van der Waals surface area (Å²) in [7, 11) is 0. The number of benzene rings is 2. The number of carbonyl (C=O) groups excluding carboxylic acids is 1. The number of carboxylic acids is 1. The number of anilines is 1. The maximum Gasteiger partial charge on any atom is 0.335 e. The zero-order valence-electron chi connectivity index (χ0n) is 13.3. The molecule has 122 valence electrons. The van der Waals surface area contributed by atoms with Crippen molar-refractivity contribution in [1.29, 1.82) is 0 Å². The first-order valence-electron chi connectivity index (χ1n) is 7.43. The Kier molecular flexibility index (Phi) is 4.04. The molecule has 6 heteroatoms. The lowest BCUT2D eigenvalue weighted by molar-refractivity contribution is -0.115. The van der Waals surface area contributed by atoms with Crippen LogP contribution in [-0.4, -0.2) is 22.1 Å². The highest BCUT2D eigenvalue weighted by molar-refractivity contribution is 5.97. The van der Waals surface area contributed by atoms with Gasteiger partial charge in [-0.25, -0.2) is 4.79 Å². The molecule has 0 aliphatic carbocycles. The number of hydrogen-bond donors (Lipinski definition) is 2. The van der Waals surface area contributed by atoms with Gasteiger partial charge in [0.2, 0.25) is 5.91 Å². The van der Waals surface area contributed by atoms with Crippen LogP contribution >= 0.6 is 0 Å². The second-order valence-electron chi connectivity index (χ2n) is 5.69. The minimum Gasteiger partial charge on any atom is -0.478 e. The monoisotopic (exact) mass is 324 g/mol. The van der Waals surface area contributed by atoms with Gasteiger partial charge in [0, 0.05) is 11.1 Å². The van der Waals surface area contributed by atoms with Crippen molar-refractivity contribution in [1.82, 2.24) is 5.16 Å². The summed E-state index contributed by atoms with van der Waals surface area (Å²) in [5.74, 6) is -1.32. The molecule has 3 aromatic rings. The predicted molar refractivity (Wildman–Crippen MR) is 89.2 cm³/mol. The van der Waals surface area contributed by atoms with E-state index in [1.807, 2.05) is 25.1 Å². The molecular weight excluding hydrogens is 308 g/mol. The third-order valence-electron chi connectivity index (χ3n) is 3.79. The summed E-state index contributed by atoms with van der Waals surface area (Å²) < 4.78 is 5.22. The van der Waals surface area contributed by atoms with E-state index in [-0.39, 0.29) is 17.9 Å². The van der Waals surface area contributed by atoms with Crippen LogP contribution in [0.25, 0.3) is 11.0 Å². The Hall–Kier alpha value is -3.15. The molecule has 1 aromatic heterocycles. The number of aromatic carboxylic acids is 1. The molecule has 0 saturated carbocycles. The fraction of sp³-hybridized carbons (Fsp3) is 0.167. The van der Waals surface area contributed by atoms with E-state index in [4.69, 9.17) is 9.63 Å². The molecule has 0 unspecified atom stereocenters. The predicted octanol–water partition coefficient (Wildman–Crippen LogP) is 3.32. The van der Waals surface area contributed by atoms with Gasteiger partial charge in [-0.3, -0.25) is 4.79 Å². The van der Waals surface area contributed by atoms with Crippen LogP contribution in [-0.2, 0) is 11.2 Å². The van der Waals surface area contributed by atoms with E-state index in [1.54, 1.807) is 13.0 Å². The molecule has 0 bridgehead atoms. The molecule has 0 aliphatic rings. The van der Waals surface area contributed by atoms with Gasteiger partial charge in [0.15, 0.2) is 5.58 Å². The molecule has 0 spiro atoms. The number of fused-ring (bicyclic) bond motifs is 1. The molecule has 0 aliphatic heterocycles. The summed E-state index contributed by atoms with van der Waals surface area (Å²) in [6.45, 7) is 3.76. The zero-order chi connectivity index (χ0) is 17.3. The largest absolute Gasteiger partial charge is 0.478 e. The van der Waals surface area contributed by atoms with Crippen molar-refractivity contribution >= 4 is 28.5 Å². The maximum atomic E-state index is 12.3. The first-order valence-corrected chi connectivity index (χ1v) is 7.43. The van der Waals surface area contributed by atoms with Crippen molar-refractivity contribution in [2.75, 3.05) is 5.32 Å². The lowest BCUT2D eigenvalue weighted by Gasteiger charge is -2.08. The van der Waals surface area contributed by atoms with E-state index in [0.29, 0.717) is 17.0 Å². The Morgan fingerprint density at radius 1 is 1.17 bits per heavy atom. The van der Waals surface area contributed by atoms with Gasteiger partial charge in [-0.2, -0.15) is 0 Å². The Morgan fingerprint density at radius 3 is 2.71 bits per heavy atom. The van der Waals surface area contributed by atoms with Crippen LogP contribution < -0.4 is 5.32 Å². The van der Waals surface area contributed by atoms with Crippen molar-refractivity contribution < 1.29 is 19.2 Å². The number of rotatable bonds is 4. The van der Waals surface area contributed by atoms with Gasteiger partial charge in [0.25, 0.3) is 0 Å². The maximum absolute atomic E-state index is 12.3. The molecule has 0 fully saturated rings. The third kappa shape index (κ3) is 3.12. The van der Waals surface area contributed by atoms with E-state index in [1.165, 1.54) is 12.1 Å². The molecule has 0 atom stereocenters. The van der Waals surface area contributed by atoms with E-state index >= 15 is 0 Å². The number of aromatic nitrogens is 1. The van der Waals surface area contributed by atoms with Crippen LogP contribution in [0, 0.1) is 13.8 Å². The van der Waals surface area contributed by atoms with Crippen molar-refractivity contribution in [2.24, 2.45) is 0 Å². The summed E-state index contributed by atoms with van der Waals surface area (Å²) in [6, 6.07) is 10.3. The van der Waals surface area contributed by atoms with Gasteiger partial charge in [-0.1, -0.05) is 22.9 Å². The Morgan fingerprint density at radius 2 is 1.96 bits per heavy atom. The van der Waals surface area contributed by atoms with Crippen molar-refractivity contribution in [3.63, 3.8) is 0 Å². The second kappa shape index (κ2) is 6.16. The number of aryl methyl sites for hydroxylation is 2. The van der Waals surface area contributed by atoms with E-state index in [9.17, 15) is 9.59 Å². The van der Waals surface area contributed by atoms with Crippen molar-refractivity contribution in [3.8, 4) is 0 Å². The second-order valence-corrected chi connectivity index (χ2v) is 5.69. The molecule has 24 heavy (non-hydrogen) atoms. The highest BCUT2D eigenvalue weighted by Crippen LogP contribution is 2.21. The number of carbonyl (C=O) groups is 2. The molecule has 6 nitrogen and oxygen atoms in total. The average molecular weight is 324 g/mol. The van der Waals surface area contributed by atoms with E-state index in [2.05, 4.69) is 10.5 Å². The number of hydrogen-bond acceptors (Lipinski definition) is 4. The minimum atomic E-state index is -1.04. The topological polar surface area (TPSA) is 92.4 Å². The zero-order valence-corrected chi connectivity index (χ0v) is 13.3. The van der Waals surface area contributed by atoms with Gasteiger partial charge >= 0.3 is 5.97 Å². The average Bonchev–Trinajstić information content (AvgIpc) is 2.91. The molecular formula is C18H16N2O4. The lowest BCUT2D eigenvalue weighted by atomic mass is 10.1. The van der Waals surface area contributed by atoms with Crippen molar-refractivity contribution in [3.05, 3.63) is 58.8 Å². The lowest BCUT2D eigenvalue weighted by Crippen LogP contribution is -2.16. The van der Waals surface area contributed by atoms with E-state index < -0.39 is 5.97 Å². The fourth-order valence-corrected chi connectivity index (χ4v) is 2.47. The van der Waals surface area contributed by atoms with Crippen LogP contribution in [0.1, 0.15) is 27.2 Å². The molecule has 1 heterocycles. The Labute approximate surface area is 138 Å². The standard InChI is InChI=1S/C18H16N2O4/c1-10-3-6-16-13(7-10)15(20-24-16)9-17(21)19-14-8-12(18(22)23)5-4-11(14)2/h3-8H,9H2,1-2H3,(H,19,21)(H,22,23). The molecule has 2 aromatic carbocycles. The first kappa shape index (κ1) is 15.7. The van der Waals surface area contributed by atoms with Crippen LogP contribution in [0.2, 0.25) is 0 Å². The van der Waals surface area contributed by atoms with Crippen LogP contribution in [0.3, 0.4) is 0 Å². The first-order chi connectivity index (χ1) is 11.4. The third-order valence-corrected chi connectivity index (χ3v) is 3.79. The fourth-order valence-electron chi connectivity index (χ4n) is 2.47. The van der Waals surface area contributed by atoms with Crippen LogP contribution in [0.5, 0.6) is 0 Å². The van der Waals surface area contributed by atoms with Gasteiger partial charge in [-0.05, 0) is 43.7 Å². The van der Waals surface area contributed by atoms with Crippen LogP contribution in [0.4, 0.5) is 5.69 Å². The van der Waals surface area contributed by atoms with Crippen LogP contribution in [0.15, 0.2) is 40.9 Å². The normalized spacial score (nSPS) is 10.8. The quantitative estimate of drug-likeness (QED) is 0.768. The highest BCUT2D eigenvalue weighted by atomic mass is 16.5. The molecule has 3 rings (SSSR count). The number of carboxylic acid groups (broad SMARTS) is 1. The molecule has 0 saturated heterocycles. The Bertz CT molecular complexity index is 943.